The molecule has 2 atom stereocenters. The van der Waals surface area contributed by atoms with Crippen LogP contribution in [0, 0.1) is 23.2 Å². The van der Waals surface area contributed by atoms with Gasteiger partial charge in [-0.1, -0.05) is 18.8 Å². The minimum Gasteiger partial charge on any atom is -0.466 e. The van der Waals surface area contributed by atoms with Gasteiger partial charge in [-0.15, -0.1) is 0 Å². The fourth-order valence-corrected chi connectivity index (χ4v) is 4.59. The topological polar surface area (TPSA) is 121 Å². The first-order valence-electron chi connectivity index (χ1n) is 13.9. The van der Waals surface area contributed by atoms with Crippen LogP contribution in [-0.4, -0.2) is 60.0 Å². The van der Waals surface area contributed by atoms with Gasteiger partial charge in [-0.25, -0.2) is 4.79 Å². The van der Waals surface area contributed by atoms with Crippen LogP contribution in [0.5, 0.6) is 0 Å². The molecule has 0 spiro atoms. The summed E-state index contributed by atoms with van der Waals surface area (Å²) in [5.74, 6) is 6.22. The molecule has 1 saturated heterocycles. The third-order valence-electron chi connectivity index (χ3n) is 6.64. The second-order valence-electron chi connectivity index (χ2n) is 11.0. The quantitative estimate of drug-likeness (QED) is 0.177. The van der Waals surface area contributed by atoms with Gasteiger partial charge in [0.2, 0.25) is 0 Å². The van der Waals surface area contributed by atoms with Crippen LogP contribution < -0.4 is 10.6 Å². The molecule has 1 aliphatic rings. The highest BCUT2D eigenvalue weighted by Gasteiger charge is 2.35. The number of amidine groups is 1. The number of esters is 1. The fraction of sp³-hybridized carbons (Fsp3) is 0.438. The molecular weight excluding hydrogens is 520 g/mol. The van der Waals surface area contributed by atoms with Crippen molar-refractivity contribution in [3.8, 4) is 11.8 Å². The van der Waals surface area contributed by atoms with E-state index in [4.69, 9.17) is 14.9 Å². The van der Waals surface area contributed by atoms with E-state index >= 15 is 0 Å². The van der Waals surface area contributed by atoms with E-state index < -0.39 is 11.7 Å². The Balaban J connectivity index is 1.49. The van der Waals surface area contributed by atoms with Crippen LogP contribution in [-0.2, 0) is 14.3 Å². The minimum atomic E-state index is -0.668. The third-order valence-corrected chi connectivity index (χ3v) is 6.64. The molecule has 0 radical (unpaired) electrons. The van der Waals surface area contributed by atoms with Crippen LogP contribution in [0.25, 0.3) is 0 Å². The van der Waals surface area contributed by atoms with E-state index in [0.717, 1.165) is 17.7 Å². The number of likely N-dealkylation sites (tertiary alicyclic amines) is 1. The average Bonchev–Trinajstić information content (AvgIpc) is 3.29. The number of carbonyl (C=O) groups is 3. The number of anilines is 1. The number of hydrogen-bond acceptors (Lipinski definition) is 7. The number of alkyl carbamates (subject to hydrolysis) is 1. The first-order chi connectivity index (χ1) is 19.5. The number of ether oxygens (including phenoxy) is 2. The van der Waals surface area contributed by atoms with Gasteiger partial charge in [0.25, 0.3) is 5.91 Å². The van der Waals surface area contributed by atoms with Crippen molar-refractivity contribution < 1.29 is 23.9 Å². The zero-order valence-corrected chi connectivity index (χ0v) is 24.5. The Kier molecular flexibility index (Phi) is 10.9. The molecule has 1 heterocycles. The maximum absolute atomic E-state index is 13.2. The summed E-state index contributed by atoms with van der Waals surface area (Å²) in [4.78, 5) is 38.8. The Bertz CT molecular complexity index is 1290. The standard InChI is InChI=1S/C32H40N4O5/c1-6-40-28(37)18-17-27-22(2)19-21-36(27)30(38)25-11-9-23(10-12-25)8-7-20-34-26-15-13-24(14-16-26)29(33)35-31(39)41-32(3,4)5/h9-16,22,27,34H,6,17-21H2,1-5H3,(H2,33,35,39). The van der Waals surface area contributed by atoms with E-state index in [1.807, 2.05) is 29.2 Å². The molecule has 41 heavy (non-hydrogen) atoms. The molecule has 3 rings (SSSR count). The Labute approximate surface area is 242 Å². The first kappa shape index (κ1) is 31.2. The Hall–Kier alpha value is -4.32. The first-order valence-corrected chi connectivity index (χ1v) is 13.9. The maximum Gasteiger partial charge on any atom is 0.413 e. The predicted molar refractivity (Wildman–Crippen MR) is 159 cm³/mol. The summed E-state index contributed by atoms with van der Waals surface area (Å²) in [6, 6.07) is 14.4. The molecule has 0 saturated carbocycles. The summed E-state index contributed by atoms with van der Waals surface area (Å²) < 4.78 is 10.2. The highest BCUT2D eigenvalue weighted by atomic mass is 16.6. The Morgan fingerprint density at radius 3 is 2.34 bits per heavy atom. The minimum absolute atomic E-state index is 0.0257. The van der Waals surface area contributed by atoms with Gasteiger partial charge in [0.05, 0.1) is 13.2 Å². The molecule has 3 N–H and O–H groups in total. The molecule has 0 aromatic heterocycles. The summed E-state index contributed by atoms with van der Waals surface area (Å²) in [6.07, 6.45) is 1.17. The second-order valence-corrected chi connectivity index (χ2v) is 11.0. The maximum atomic E-state index is 13.2. The van der Waals surface area contributed by atoms with Crippen molar-refractivity contribution in [1.29, 1.82) is 5.41 Å². The van der Waals surface area contributed by atoms with E-state index in [0.29, 0.717) is 49.6 Å². The second kappa shape index (κ2) is 14.4. The van der Waals surface area contributed by atoms with Crippen LogP contribution in [0.15, 0.2) is 48.5 Å². The molecule has 218 valence electrons. The highest BCUT2D eigenvalue weighted by molar-refractivity contribution is 6.04. The molecule has 0 bridgehead atoms. The van der Waals surface area contributed by atoms with E-state index in [-0.39, 0.29) is 23.8 Å². The van der Waals surface area contributed by atoms with E-state index in [1.165, 1.54) is 0 Å². The van der Waals surface area contributed by atoms with Gasteiger partial charge in [-0.3, -0.25) is 20.3 Å². The number of rotatable bonds is 8. The summed E-state index contributed by atoms with van der Waals surface area (Å²) in [5, 5.41) is 13.7. The molecule has 0 aliphatic carbocycles. The SMILES string of the molecule is CCOC(=O)CCC1C(C)CCN1C(=O)c1ccc(C#CCNc2ccc(C(=N)NC(=O)OC(C)(C)C)cc2)cc1. The van der Waals surface area contributed by atoms with Crippen molar-refractivity contribution in [3.63, 3.8) is 0 Å². The van der Waals surface area contributed by atoms with Gasteiger partial charge in [-0.2, -0.15) is 0 Å². The van der Waals surface area contributed by atoms with E-state index in [9.17, 15) is 14.4 Å². The van der Waals surface area contributed by atoms with Gasteiger partial charge < -0.3 is 19.7 Å². The highest BCUT2D eigenvalue weighted by Crippen LogP contribution is 2.29. The van der Waals surface area contributed by atoms with Crippen LogP contribution in [0.3, 0.4) is 0 Å². The van der Waals surface area contributed by atoms with Gasteiger partial charge in [0.1, 0.15) is 11.4 Å². The zero-order valence-electron chi connectivity index (χ0n) is 24.5. The number of benzene rings is 2. The lowest BCUT2D eigenvalue weighted by Gasteiger charge is -2.27. The Morgan fingerprint density at radius 2 is 1.71 bits per heavy atom. The van der Waals surface area contributed by atoms with Crippen LogP contribution in [0.2, 0.25) is 0 Å². The number of amides is 2. The number of hydrogen-bond donors (Lipinski definition) is 3. The third kappa shape index (κ3) is 9.67. The lowest BCUT2D eigenvalue weighted by Crippen LogP contribution is -2.37. The van der Waals surface area contributed by atoms with Crippen molar-refractivity contribution in [2.24, 2.45) is 5.92 Å². The molecule has 9 heteroatoms. The van der Waals surface area contributed by atoms with Gasteiger partial charge in [0, 0.05) is 41.4 Å². The van der Waals surface area contributed by atoms with Crippen molar-refractivity contribution >= 4 is 29.5 Å². The summed E-state index contributed by atoms with van der Waals surface area (Å²) in [6.45, 7) is 10.7. The lowest BCUT2D eigenvalue weighted by atomic mass is 9.98. The normalized spacial score (nSPS) is 16.3. The average molecular weight is 561 g/mol. The molecular formula is C32H40N4O5. The smallest absolute Gasteiger partial charge is 0.413 e. The van der Waals surface area contributed by atoms with Crippen molar-refractivity contribution in [3.05, 3.63) is 65.2 Å². The predicted octanol–water partition coefficient (Wildman–Crippen LogP) is 5.19. The molecule has 1 aliphatic heterocycles. The molecule has 1 fully saturated rings. The van der Waals surface area contributed by atoms with Crippen molar-refractivity contribution in [2.45, 2.75) is 65.5 Å². The monoisotopic (exact) mass is 560 g/mol. The molecule has 2 aromatic rings. The van der Waals surface area contributed by atoms with Gasteiger partial charge in [-0.05, 0) is 95.0 Å². The van der Waals surface area contributed by atoms with Crippen molar-refractivity contribution in [2.75, 3.05) is 25.0 Å². The summed E-state index contributed by atoms with van der Waals surface area (Å²) in [5.41, 5.74) is 2.15. The fourth-order valence-electron chi connectivity index (χ4n) is 4.59. The van der Waals surface area contributed by atoms with Gasteiger partial charge >= 0.3 is 12.1 Å². The summed E-state index contributed by atoms with van der Waals surface area (Å²) >= 11 is 0. The van der Waals surface area contributed by atoms with Crippen LogP contribution >= 0.6 is 0 Å². The molecule has 2 amide bonds. The molecule has 9 nitrogen and oxygen atoms in total. The summed E-state index contributed by atoms with van der Waals surface area (Å²) in [7, 11) is 0. The lowest BCUT2D eigenvalue weighted by molar-refractivity contribution is -0.143. The Morgan fingerprint density at radius 1 is 1.05 bits per heavy atom. The van der Waals surface area contributed by atoms with E-state index in [2.05, 4.69) is 29.4 Å². The largest absolute Gasteiger partial charge is 0.466 e. The van der Waals surface area contributed by atoms with Crippen molar-refractivity contribution in [1.82, 2.24) is 10.2 Å². The molecule has 2 unspecified atom stereocenters. The number of nitrogens with zero attached hydrogens (tertiary/aromatic N) is 1. The van der Waals surface area contributed by atoms with Crippen LogP contribution in [0.1, 0.15) is 75.4 Å². The molecule has 2 aromatic carbocycles. The van der Waals surface area contributed by atoms with Gasteiger partial charge in [0.15, 0.2) is 0 Å². The van der Waals surface area contributed by atoms with Crippen LogP contribution in [0.4, 0.5) is 10.5 Å². The number of nitrogens with one attached hydrogen (secondary N) is 3. The zero-order chi connectivity index (χ0) is 30.0. The van der Waals surface area contributed by atoms with E-state index in [1.54, 1.807) is 52.0 Å². The number of carbonyl (C=O) groups excluding carboxylic acids is 3.